The van der Waals surface area contributed by atoms with Gasteiger partial charge in [0, 0.05) is 31.4 Å². The largest absolute Gasteiger partial charge is 0.496 e. The predicted octanol–water partition coefficient (Wildman–Crippen LogP) is 3.47. The number of aryl methyl sites for hydroxylation is 1. The smallest absolute Gasteiger partial charge is 0.123 e. The number of ether oxygens (including phenoxy) is 2. The van der Waals surface area contributed by atoms with Gasteiger partial charge in [0.1, 0.15) is 5.75 Å². The van der Waals surface area contributed by atoms with Crippen LogP contribution in [-0.4, -0.2) is 26.9 Å². The molecule has 0 aliphatic carbocycles. The van der Waals surface area contributed by atoms with Crippen LogP contribution in [0.15, 0.2) is 18.2 Å². The summed E-state index contributed by atoms with van der Waals surface area (Å²) in [4.78, 5) is 0. The average Bonchev–Trinajstić information content (AvgIpc) is 2.45. The van der Waals surface area contributed by atoms with Crippen molar-refractivity contribution in [2.45, 2.75) is 39.7 Å². The zero-order valence-corrected chi connectivity index (χ0v) is 13.2. The van der Waals surface area contributed by atoms with Crippen LogP contribution in [0, 0.1) is 12.3 Å². The summed E-state index contributed by atoms with van der Waals surface area (Å²) >= 11 is 0. The van der Waals surface area contributed by atoms with Crippen molar-refractivity contribution < 1.29 is 9.47 Å². The molecular weight excluding hydrogens is 250 g/mol. The first-order valence-corrected chi connectivity index (χ1v) is 7.50. The van der Waals surface area contributed by atoms with E-state index in [1.165, 1.54) is 11.1 Å². The molecule has 0 aromatic heterocycles. The predicted molar refractivity (Wildman–Crippen MR) is 82.3 cm³/mol. The summed E-state index contributed by atoms with van der Waals surface area (Å²) in [6.45, 7) is 9.48. The van der Waals surface area contributed by atoms with Crippen molar-refractivity contribution in [1.82, 2.24) is 5.32 Å². The number of rotatable bonds is 5. The minimum atomic E-state index is 0.296. The lowest BCUT2D eigenvalue weighted by Crippen LogP contribution is -2.37. The molecule has 3 nitrogen and oxygen atoms in total. The van der Waals surface area contributed by atoms with Crippen molar-refractivity contribution in [2.24, 2.45) is 5.41 Å². The van der Waals surface area contributed by atoms with E-state index >= 15 is 0 Å². The Morgan fingerprint density at radius 1 is 1.35 bits per heavy atom. The maximum Gasteiger partial charge on any atom is 0.123 e. The van der Waals surface area contributed by atoms with Crippen LogP contribution in [0.25, 0.3) is 0 Å². The van der Waals surface area contributed by atoms with Crippen molar-refractivity contribution in [2.75, 3.05) is 26.9 Å². The van der Waals surface area contributed by atoms with E-state index in [0.29, 0.717) is 11.5 Å². The minimum Gasteiger partial charge on any atom is -0.496 e. The molecule has 1 fully saturated rings. The van der Waals surface area contributed by atoms with Gasteiger partial charge in [0.05, 0.1) is 7.11 Å². The van der Waals surface area contributed by atoms with Gasteiger partial charge in [-0.15, -0.1) is 0 Å². The highest BCUT2D eigenvalue weighted by Gasteiger charge is 2.27. The van der Waals surface area contributed by atoms with Crippen LogP contribution in [0.1, 0.15) is 43.9 Å². The van der Waals surface area contributed by atoms with E-state index in [-0.39, 0.29) is 0 Å². The molecule has 1 N–H and O–H groups in total. The number of hydrogen-bond donors (Lipinski definition) is 1. The van der Waals surface area contributed by atoms with Crippen molar-refractivity contribution in [3.8, 4) is 5.75 Å². The molecule has 1 saturated heterocycles. The number of nitrogens with one attached hydrogen (secondary N) is 1. The lowest BCUT2D eigenvalue weighted by molar-refractivity contribution is 0.0230. The van der Waals surface area contributed by atoms with Gasteiger partial charge in [-0.2, -0.15) is 0 Å². The van der Waals surface area contributed by atoms with Crippen molar-refractivity contribution in [3.05, 3.63) is 29.3 Å². The summed E-state index contributed by atoms with van der Waals surface area (Å²) in [5.74, 6) is 0.965. The fraction of sp³-hybridized carbons (Fsp3) is 0.647. The summed E-state index contributed by atoms with van der Waals surface area (Å²) < 4.78 is 10.9. The van der Waals surface area contributed by atoms with Crippen LogP contribution in [0.2, 0.25) is 0 Å². The van der Waals surface area contributed by atoms with Crippen molar-refractivity contribution in [1.29, 1.82) is 0 Å². The molecule has 2 rings (SSSR count). The Morgan fingerprint density at radius 2 is 2.05 bits per heavy atom. The highest BCUT2D eigenvalue weighted by atomic mass is 16.5. The minimum absolute atomic E-state index is 0.296. The third-order valence-corrected chi connectivity index (χ3v) is 4.39. The summed E-state index contributed by atoms with van der Waals surface area (Å²) in [7, 11) is 1.74. The second-order valence-corrected chi connectivity index (χ2v) is 6.27. The van der Waals surface area contributed by atoms with Gasteiger partial charge in [0.25, 0.3) is 0 Å². The summed E-state index contributed by atoms with van der Waals surface area (Å²) in [5, 5.41) is 3.68. The molecule has 1 aromatic rings. The molecule has 20 heavy (non-hydrogen) atoms. The van der Waals surface area contributed by atoms with Crippen LogP contribution in [0.5, 0.6) is 5.75 Å². The van der Waals surface area contributed by atoms with E-state index in [0.717, 1.165) is 38.3 Å². The fourth-order valence-electron chi connectivity index (χ4n) is 2.74. The van der Waals surface area contributed by atoms with Gasteiger partial charge in [-0.05, 0) is 38.2 Å². The number of benzene rings is 1. The van der Waals surface area contributed by atoms with Crippen LogP contribution in [0.4, 0.5) is 0 Å². The van der Waals surface area contributed by atoms with Crippen LogP contribution >= 0.6 is 0 Å². The van der Waals surface area contributed by atoms with Gasteiger partial charge in [-0.3, -0.25) is 0 Å². The van der Waals surface area contributed by atoms with Crippen LogP contribution < -0.4 is 10.1 Å². The molecule has 1 aromatic carbocycles. The third-order valence-electron chi connectivity index (χ3n) is 4.39. The van der Waals surface area contributed by atoms with Gasteiger partial charge < -0.3 is 14.8 Å². The molecule has 1 heterocycles. The molecule has 1 atom stereocenters. The van der Waals surface area contributed by atoms with Crippen molar-refractivity contribution in [3.63, 3.8) is 0 Å². The zero-order chi connectivity index (χ0) is 14.6. The van der Waals surface area contributed by atoms with Crippen LogP contribution in [-0.2, 0) is 4.74 Å². The van der Waals surface area contributed by atoms with Crippen LogP contribution in [0.3, 0.4) is 0 Å². The molecule has 0 bridgehead atoms. The van der Waals surface area contributed by atoms with E-state index < -0.39 is 0 Å². The Balaban J connectivity index is 2.00. The Labute approximate surface area is 122 Å². The molecule has 3 heteroatoms. The van der Waals surface area contributed by atoms with E-state index in [9.17, 15) is 0 Å². The molecule has 1 aliphatic rings. The fourth-order valence-corrected chi connectivity index (χ4v) is 2.74. The van der Waals surface area contributed by atoms with E-state index in [1.807, 2.05) is 0 Å². The molecule has 112 valence electrons. The second kappa shape index (κ2) is 6.59. The summed E-state index contributed by atoms with van der Waals surface area (Å²) in [6, 6.07) is 6.65. The maximum atomic E-state index is 5.48. The highest BCUT2D eigenvalue weighted by molar-refractivity contribution is 5.38. The Bertz CT molecular complexity index is 439. The monoisotopic (exact) mass is 277 g/mol. The number of methoxy groups -OCH3 is 1. The van der Waals surface area contributed by atoms with E-state index in [1.54, 1.807) is 7.11 Å². The quantitative estimate of drug-likeness (QED) is 0.894. The highest BCUT2D eigenvalue weighted by Crippen LogP contribution is 2.31. The lowest BCUT2D eigenvalue weighted by atomic mass is 9.82. The zero-order valence-electron chi connectivity index (χ0n) is 13.2. The average molecular weight is 277 g/mol. The summed E-state index contributed by atoms with van der Waals surface area (Å²) in [5.41, 5.74) is 2.86. The Morgan fingerprint density at radius 3 is 2.70 bits per heavy atom. The van der Waals surface area contributed by atoms with E-state index in [4.69, 9.17) is 9.47 Å². The second-order valence-electron chi connectivity index (χ2n) is 6.27. The molecule has 1 unspecified atom stereocenters. The molecular formula is C17H27NO2. The van der Waals surface area contributed by atoms with Gasteiger partial charge in [0.15, 0.2) is 0 Å². The van der Waals surface area contributed by atoms with Gasteiger partial charge >= 0.3 is 0 Å². The topological polar surface area (TPSA) is 30.5 Å². The molecule has 0 amide bonds. The standard InChI is InChI=1S/C17H27NO2/c1-13-5-6-16(19-4)15(11-13)14(2)18-12-17(3)7-9-20-10-8-17/h5-6,11,14,18H,7-10,12H2,1-4H3. The maximum absolute atomic E-state index is 5.48. The first-order chi connectivity index (χ1) is 9.54. The Kier molecular flexibility index (Phi) is 5.06. The molecule has 0 saturated carbocycles. The van der Waals surface area contributed by atoms with Gasteiger partial charge in [-0.1, -0.05) is 24.6 Å². The lowest BCUT2D eigenvalue weighted by Gasteiger charge is -2.35. The molecule has 0 radical (unpaired) electrons. The summed E-state index contributed by atoms with van der Waals surface area (Å²) in [6.07, 6.45) is 2.27. The molecule has 1 aliphatic heterocycles. The third kappa shape index (κ3) is 3.74. The normalized spacial score (nSPS) is 19.6. The molecule has 0 spiro atoms. The SMILES string of the molecule is COc1ccc(C)cc1C(C)NCC1(C)CCOCC1. The number of hydrogen-bond acceptors (Lipinski definition) is 3. The van der Waals surface area contributed by atoms with Crippen molar-refractivity contribution >= 4 is 0 Å². The van der Waals surface area contributed by atoms with Gasteiger partial charge in [0.2, 0.25) is 0 Å². The Hall–Kier alpha value is -1.06. The first kappa shape index (κ1) is 15.3. The first-order valence-electron chi connectivity index (χ1n) is 7.50. The van der Waals surface area contributed by atoms with E-state index in [2.05, 4.69) is 44.3 Å². The van der Waals surface area contributed by atoms with Gasteiger partial charge in [-0.25, -0.2) is 0 Å².